The second-order valence-electron chi connectivity index (χ2n) is 8.74. The second kappa shape index (κ2) is 12.0. The summed E-state index contributed by atoms with van der Waals surface area (Å²) < 4.78 is 33.7. The van der Waals surface area contributed by atoms with Gasteiger partial charge in [-0.05, 0) is 55.7 Å². The van der Waals surface area contributed by atoms with Crippen molar-refractivity contribution in [2.45, 2.75) is 38.1 Å². The number of amides is 3. The van der Waals surface area contributed by atoms with E-state index in [1.54, 1.807) is 32.9 Å². The van der Waals surface area contributed by atoms with Gasteiger partial charge in [-0.2, -0.15) is 4.31 Å². The van der Waals surface area contributed by atoms with Crippen LogP contribution < -0.4 is 10.2 Å². The van der Waals surface area contributed by atoms with Gasteiger partial charge in [0.05, 0.1) is 16.0 Å². The molecule has 37 heavy (non-hydrogen) atoms. The van der Waals surface area contributed by atoms with Crippen molar-refractivity contribution < 1.29 is 32.7 Å². The molecular weight excluding hydrogens is 498 g/mol. The van der Waals surface area contributed by atoms with Crippen LogP contribution in [0, 0.1) is 17.8 Å². The molecule has 0 aromatic heterocycles. The molecule has 1 aliphatic rings. The smallest absolute Gasteiger partial charge is 0.261 e. The molecule has 0 bridgehead atoms. The highest BCUT2D eigenvalue weighted by Crippen LogP contribution is 2.26. The fraction of sp³-hybridized carbons (Fsp3) is 0.346. The maximum absolute atomic E-state index is 13.7. The Hall–Kier alpha value is -3.72. The van der Waals surface area contributed by atoms with Crippen LogP contribution in [0.1, 0.15) is 47.9 Å². The Labute approximate surface area is 216 Å². The van der Waals surface area contributed by atoms with Crippen LogP contribution in [0.3, 0.4) is 0 Å². The van der Waals surface area contributed by atoms with E-state index in [2.05, 4.69) is 11.8 Å². The minimum Gasteiger partial charge on any atom is -0.481 e. The third-order valence-electron chi connectivity index (χ3n) is 5.73. The van der Waals surface area contributed by atoms with Crippen LogP contribution in [0.2, 0.25) is 0 Å². The topological polar surface area (TPSA) is 133 Å². The van der Waals surface area contributed by atoms with Gasteiger partial charge in [-0.3, -0.25) is 24.5 Å². The lowest BCUT2D eigenvalue weighted by Crippen LogP contribution is -2.51. The van der Waals surface area contributed by atoms with Crippen molar-refractivity contribution in [1.29, 1.82) is 0 Å². The first-order valence-electron chi connectivity index (χ1n) is 11.6. The minimum absolute atomic E-state index is 0.0487. The zero-order chi connectivity index (χ0) is 27.2. The van der Waals surface area contributed by atoms with Crippen LogP contribution in [-0.2, 0) is 14.8 Å². The van der Waals surface area contributed by atoms with E-state index in [-0.39, 0.29) is 48.1 Å². The number of fused-ring (bicyclic) bond motifs is 1. The molecule has 11 heteroatoms. The van der Waals surface area contributed by atoms with Crippen molar-refractivity contribution in [3.05, 3.63) is 59.7 Å². The van der Waals surface area contributed by atoms with E-state index in [0.717, 1.165) is 9.21 Å². The lowest BCUT2D eigenvalue weighted by atomic mass is 10.1. The maximum Gasteiger partial charge on any atom is 0.261 e. The zero-order valence-electron chi connectivity index (χ0n) is 20.8. The highest BCUT2D eigenvalue weighted by atomic mass is 32.2. The molecule has 0 spiro atoms. The van der Waals surface area contributed by atoms with E-state index >= 15 is 0 Å². The maximum atomic E-state index is 13.7. The Morgan fingerprint density at radius 2 is 1.68 bits per heavy atom. The second-order valence-corrected chi connectivity index (χ2v) is 10.6. The first kappa shape index (κ1) is 27.9. The van der Waals surface area contributed by atoms with E-state index in [0.29, 0.717) is 5.75 Å². The minimum atomic E-state index is -4.23. The summed E-state index contributed by atoms with van der Waals surface area (Å²) >= 11 is 0. The number of rotatable bonds is 11. The Morgan fingerprint density at radius 3 is 2.19 bits per heavy atom. The van der Waals surface area contributed by atoms with Gasteiger partial charge in [0.2, 0.25) is 10.0 Å². The largest absolute Gasteiger partial charge is 0.481 e. The summed E-state index contributed by atoms with van der Waals surface area (Å²) in [7, 11) is -4.23. The van der Waals surface area contributed by atoms with Gasteiger partial charge in [0.25, 0.3) is 17.7 Å². The van der Waals surface area contributed by atoms with Gasteiger partial charge in [0, 0.05) is 13.1 Å². The number of carbonyl (C=O) groups is 3. The number of carbonyl (C=O) groups excluding carboxylic acids is 3. The number of benzene rings is 2. The lowest BCUT2D eigenvalue weighted by Gasteiger charge is -2.31. The summed E-state index contributed by atoms with van der Waals surface area (Å²) in [4.78, 5) is 39.1. The monoisotopic (exact) mass is 527 g/mol. The van der Waals surface area contributed by atoms with E-state index < -0.39 is 33.8 Å². The van der Waals surface area contributed by atoms with Gasteiger partial charge in [0.15, 0.2) is 0 Å². The van der Waals surface area contributed by atoms with Crippen LogP contribution in [0.5, 0.6) is 5.75 Å². The van der Waals surface area contributed by atoms with Gasteiger partial charge in [-0.25, -0.2) is 13.9 Å². The van der Waals surface area contributed by atoms with Crippen LogP contribution >= 0.6 is 0 Å². The molecule has 0 saturated carbocycles. The number of hydrogen-bond acceptors (Lipinski definition) is 7. The van der Waals surface area contributed by atoms with Crippen LogP contribution in [-0.4, -0.2) is 66.3 Å². The highest BCUT2D eigenvalue weighted by Gasteiger charge is 2.40. The van der Waals surface area contributed by atoms with Crippen molar-refractivity contribution in [1.82, 2.24) is 14.7 Å². The van der Waals surface area contributed by atoms with E-state index in [9.17, 15) is 28.0 Å². The fourth-order valence-corrected chi connectivity index (χ4v) is 5.74. The molecular formula is C26H29N3O7S. The van der Waals surface area contributed by atoms with Crippen molar-refractivity contribution in [2.24, 2.45) is 5.92 Å². The average molecular weight is 528 g/mol. The summed E-state index contributed by atoms with van der Waals surface area (Å²) in [6.45, 7) is 5.12. The third kappa shape index (κ3) is 6.17. The molecule has 2 N–H and O–H groups in total. The highest BCUT2D eigenvalue weighted by molar-refractivity contribution is 7.89. The van der Waals surface area contributed by atoms with Gasteiger partial charge < -0.3 is 4.74 Å². The van der Waals surface area contributed by atoms with Crippen molar-refractivity contribution in [2.75, 3.05) is 19.7 Å². The Bertz CT molecular complexity index is 1290. The number of imide groups is 1. The summed E-state index contributed by atoms with van der Waals surface area (Å²) in [5.41, 5.74) is 2.02. The molecule has 1 heterocycles. The first-order chi connectivity index (χ1) is 17.6. The van der Waals surface area contributed by atoms with E-state index in [1.165, 1.54) is 41.9 Å². The number of sulfonamides is 1. The van der Waals surface area contributed by atoms with E-state index in [1.807, 2.05) is 0 Å². The van der Waals surface area contributed by atoms with Crippen molar-refractivity contribution in [3.8, 4) is 17.6 Å². The normalized spacial score (nSPS) is 13.8. The summed E-state index contributed by atoms with van der Waals surface area (Å²) in [5, 5.41) is 9.41. The molecule has 0 aliphatic carbocycles. The zero-order valence-corrected chi connectivity index (χ0v) is 21.6. The first-order valence-corrected chi connectivity index (χ1v) is 13.1. The van der Waals surface area contributed by atoms with Gasteiger partial charge in [-0.15, -0.1) is 5.92 Å². The van der Waals surface area contributed by atoms with Crippen molar-refractivity contribution in [3.63, 3.8) is 0 Å². The molecule has 1 aliphatic heterocycles. The van der Waals surface area contributed by atoms with Gasteiger partial charge in [0.1, 0.15) is 18.4 Å². The lowest BCUT2D eigenvalue weighted by molar-refractivity contribution is -0.133. The molecule has 2 aromatic rings. The Balaban J connectivity index is 1.88. The van der Waals surface area contributed by atoms with Crippen molar-refractivity contribution >= 4 is 27.7 Å². The van der Waals surface area contributed by atoms with Gasteiger partial charge >= 0.3 is 0 Å². The SMILES string of the molecule is CC#CCOc1ccc(S(=O)(=O)N(CC(C)C)[C@H](CCN2C(=O)c3ccccc3C2=O)C(=O)NO)cc1. The molecule has 1 atom stereocenters. The number of ether oxygens (including phenoxy) is 1. The molecule has 3 rings (SSSR count). The molecule has 0 radical (unpaired) electrons. The number of hydroxylamine groups is 1. The summed E-state index contributed by atoms with van der Waals surface area (Å²) in [6, 6.07) is 10.6. The van der Waals surface area contributed by atoms with Crippen LogP contribution in [0.15, 0.2) is 53.4 Å². The molecule has 10 nitrogen and oxygen atoms in total. The standard InChI is InChI=1S/C26H29N3O7S/c1-4-5-16-36-19-10-12-20(13-11-19)37(34,35)29(17-18(2)3)23(24(30)27-33)14-15-28-25(31)21-8-6-7-9-22(21)26(28)32/h6-13,18,23,33H,14-17H2,1-3H3,(H,27,30)/t23-/m1/s1. The molecule has 2 aromatic carbocycles. The average Bonchev–Trinajstić information content (AvgIpc) is 3.13. The Morgan fingerprint density at radius 1 is 1.08 bits per heavy atom. The fourth-order valence-electron chi connectivity index (χ4n) is 3.96. The Kier molecular flexibility index (Phi) is 9.04. The number of hydrogen-bond donors (Lipinski definition) is 2. The molecule has 3 amide bonds. The molecule has 0 fully saturated rings. The third-order valence-corrected chi connectivity index (χ3v) is 7.62. The predicted octanol–water partition coefficient (Wildman–Crippen LogP) is 2.30. The quantitative estimate of drug-likeness (QED) is 0.198. The van der Waals surface area contributed by atoms with Gasteiger partial charge in [-0.1, -0.05) is 31.9 Å². The van der Waals surface area contributed by atoms with Crippen LogP contribution in [0.25, 0.3) is 0 Å². The number of nitrogens with one attached hydrogen (secondary N) is 1. The molecule has 196 valence electrons. The molecule has 0 unspecified atom stereocenters. The summed E-state index contributed by atoms with van der Waals surface area (Å²) in [5.74, 6) is 3.66. The predicted molar refractivity (Wildman–Crippen MR) is 134 cm³/mol. The van der Waals surface area contributed by atoms with Crippen LogP contribution in [0.4, 0.5) is 0 Å². The summed E-state index contributed by atoms with van der Waals surface area (Å²) in [6.07, 6.45) is -0.222. The van der Waals surface area contributed by atoms with E-state index in [4.69, 9.17) is 4.74 Å². The molecule has 0 saturated heterocycles. The number of nitrogens with zero attached hydrogens (tertiary/aromatic N) is 2.